The minimum atomic E-state index is -0.315. The summed E-state index contributed by atoms with van der Waals surface area (Å²) < 4.78 is 1.00. The minimum absolute atomic E-state index is 0.217. The number of hydrogen-bond donors (Lipinski definition) is 2. The number of rotatable bonds is 7. The Morgan fingerprint density at radius 3 is 2.70 bits per heavy atom. The van der Waals surface area contributed by atoms with Crippen LogP contribution in [0.3, 0.4) is 0 Å². The van der Waals surface area contributed by atoms with E-state index in [-0.39, 0.29) is 18.5 Å². The van der Waals surface area contributed by atoms with Crippen molar-refractivity contribution < 1.29 is 4.79 Å². The van der Waals surface area contributed by atoms with Gasteiger partial charge in [-0.05, 0) is 60.3 Å². The lowest BCUT2D eigenvalue weighted by atomic mass is 10.1. The van der Waals surface area contributed by atoms with Gasteiger partial charge in [0.15, 0.2) is 0 Å². The quantitative estimate of drug-likeness (QED) is 0.801. The molecule has 1 amide bonds. The van der Waals surface area contributed by atoms with Crippen molar-refractivity contribution in [2.24, 2.45) is 5.73 Å². The molecule has 0 heterocycles. The van der Waals surface area contributed by atoms with E-state index in [1.54, 1.807) is 0 Å². The SMILES string of the molecule is CC(C)N(CC(N)=O)c1ccc(CNC2CC2)cc1Br. The maximum Gasteiger partial charge on any atom is 0.236 e. The zero-order valence-corrected chi connectivity index (χ0v) is 13.6. The number of nitrogens with one attached hydrogen (secondary N) is 1. The molecular formula is C15H22BrN3O. The number of anilines is 1. The van der Waals surface area contributed by atoms with Gasteiger partial charge in [0, 0.05) is 23.1 Å². The van der Waals surface area contributed by atoms with Gasteiger partial charge in [0.05, 0.1) is 12.2 Å². The molecular weight excluding hydrogens is 318 g/mol. The summed E-state index contributed by atoms with van der Waals surface area (Å²) >= 11 is 3.61. The molecule has 20 heavy (non-hydrogen) atoms. The van der Waals surface area contributed by atoms with Crippen molar-refractivity contribution in [3.05, 3.63) is 28.2 Å². The Balaban J connectivity index is 2.10. The van der Waals surface area contributed by atoms with E-state index < -0.39 is 0 Å². The Morgan fingerprint density at radius 1 is 1.50 bits per heavy atom. The Bertz CT molecular complexity index is 486. The van der Waals surface area contributed by atoms with Crippen LogP contribution in [0.15, 0.2) is 22.7 Å². The van der Waals surface area contributed by atoms with E-state index in [9.17, 15) is 4.79 Å². The fourth-order valence-corrected chi connectivity index (χ4v) is 2.81. The number of carbonyl (C=O) groups is 1. The third-order valence-corrected chi connectivity index (χ3v) is 4.08. The largest absolute Gasteiger partial charge is 0.368 e. The molecule has 2 rings (SSSR count). The molecule has 1 aliphatic carbocycles. The molecule has 1 saturated carbocycles. The summed E-state index contributed by atoms with van der Waals surface area (Å²) in [5.74, 6) is -0.315. The molecule has 0 unspecified atom stereocenters. The van der Waals surface area contributed by atoms with Gasteiger partial charge in [-0.15, -0.1) is 0 Å². The molecule has 5 heteroatoms. The fourth-order valence-electron chi connectivity index (χ4n) is 2.16. The maximum atomic E-state index is 11.2. The molecule has 0 spiro atoms. The number of nitrogens with two attached hydrogens (primary N) is 1. The van der Waals surface area contributed by atoms with Gasteiger partial charge in [0.1, 0.15) is 0 Å². The van der Waals surface area contributed by atoms with Crippen LogP contribution in [0.2, 0.25) is 0 Å². The summed E-state index contributed by atoms with van der Waals surface area (Å²) in [6.45, 7) is 5.23. The van der Waals surface area contributed by atoms with Crippen molar-refractivity contribution in [3.63, 3.8) is 0 Å². The Kier molecular flexibility index (Phi) is 5.05. The first-order chi connectivity index (χ1) is 9.47. The molecule has 4 nitrogen and oxygen atoms in total. The number of nitrogens with zero attached hydrogens (tertiary/aromatic N) is 1. The second-order valence-electron chi connectivity index (χ2n) is 5.63. The molecule has 3 N–H and O–H groups in total. The highest BCUT2D eigenvalue weighted by Gasteiger charge is 2.20. The summed E-state index contributed by atoms with van der Waals surface area (Å²) in [6.07, 6.45) is 2.58. The predicted molar refractivity (Wildman–Crippen MR) is 85.7 cm³/mol. The highest BCUT2D eigenvalue weighted by molar-refractivity contribution is 9.10. The van der Waals surface area contributed by atoms with E-state index in [4.69, 9.17) is 5.73 Å². The molecule has 0 aliphatic heterocycles. The van der Waals surface area contributed by atoms with Gasteiger partial charge in [-0.3, -0.25) is 4.79 Å². The van der Waals surface area contributed by atoms with Crippen molar-refractivity contribution >= 4 is 27.5 Å². The van der Waals surface area contributed by atoms with E-state index in [1.165, 1.54) is 18.4 Å². The second kappa shape index (κ2) is 6.59. The van der Waals surface area contributed by atoms with Crippen LogP contribution in [0.5, 0.6) is 0 Å². The van der Waals surface area contributed by atoms with Gasteiger partial charge in [-0.1, -0.05) is 6.07 Å². The van der Waals surface area contributed by atoms with Crippen LogP contribution in [0.4, 0.5) is 5.69 Å². The lowest BCUT2D eigenvalue weighted by molar-refractivity contribution is -0.116. The van der Waals surface area contributed by atoms with E-state index in [2.05, 4.69) is 53.3 Å². The molecule has 0 aromatic heterocycles. The van der Waals surface area contributed by atoms with Gasteiger partial charge in [-0.25, -0.2) is 0 Å². The van der Waals surface area contributed by atoms with E-state index in [0.717, 1.165) is 16.7 Å². The first-order valence-electron chi connectivity index (χ1n) is 7.04. The Morgan fingerprint density at radius 2 is 2.20 bits per heavy atom. The molecule has 0 bridgehead atoms. The van der Waals surface area contributed by atoms with Crippen LogP contribution in [0.25, 0.3) is 0 Å². The third kappa shape index (κ3) is 4.21. The maximum absolute atomic E-state index is 11.2. The van der Waals surface area contributed by atoms with Crippen LogP contribution in [-0.2, 0) is 11.3 Å². The van der Waals surface area contributed by atoms with E-state index >= 15 is 0 Å². The molecule has 1 aliphatic rings. The first-order valence-corrected chi connectivity index (χ1v) is 7.83. The van der Waals surface area contributed by atoms with Gasteiger partial charge in [0.25, 0.3) is 0 Å². The number of amides is 1. The van der Waals surface area contributed by atoms with Crippen LogP contribution in [-0.4, -0.2) is 24.5 Å². The number of halogens is 1. The van der Waals surface area contributed by atoms with Crippen molar-refractivity contribution in [3.8, 4) is 0 Å². The summed E-state index contributed by atoms with van der Waals surface area (Å²) in [5, 5.41) is 3.50. The van der Waals surface area contributed by atoms with Crippen molar-refractivity contribution in [1.82, 2.24) is 5.32 Å². The number of carbonyl (C=O) groups excluding carboxylic acids is 1. The lowest BCUT2D eigenvalue weighted by Gasteiger charge is -2.29. The van der Waals surface area contributed by atoms with E-state index in [1.807, 2.05) is 4.90 Å². The highest BCUT2D eigenvalue weighted by atomic mass is 79.9. The first kappa shape index (κ1) is 15.3. The van der Waals surface area contributed by atoms with Crippen LogP contribution < -0.4 is 16.0 Å². The standard InChI is InChI=1S/C15H22BrN3O/c1-10(2)19(9-15(17)20)14-6-3-11(7-13(14)16)8-18-12-4-5-12/h3,6-7,10,12,18H,4-5,8-9H2,1-2H3,(H2,17,20). The second-order valence-corrected chi connectivity index (χ2v) is 6.48. The minimum Gasteiger partial charge on any atom is -0.368 e. The molecule has 1 fully saturated rings. The summed E-state index contributed by atoms with van der Waals surface area (Å²) in [4.78, 5) is 13.2. The smallest absolute Gasteiger partial charge is 0.236 e. The monoisotopic (exact) mass is 339 g/mol. The van der Waals surface area contributed by atoms with Gasteiger partial charge >= 0.3 is 0 Å². The molecule has 0 saturated heterocycles. The predicted octanol–water partition coefficient (Wildman–Crippen LogP) is 2.40. The number of benzene rings is 1. The van der Waals surface area contributed by atoms with Crippen LogP contribution >= 0.6 is 15.9 Å². The average Bonchev–Trinajstić information content (AvgIpc) is 3.17. The zero-order valence-electron chi connectivity index (χ0n) is 12.0. The molecule has 110 valence electrons. The molecule has 0 atom stereocenters. The van der Waals surface area contributed by atoms with Crippen LogP contribution in [0.1, 0.15) is 32.3 Å². The van der Waals surface area contributed by atoms with Gasteiger partial charge in [0.2, 0.25) is 5.91 Å². The fraction of sp³-hybridized carbons (Fsp3) is 0.533. The lowest BCUT2D eigenvalue weighted by Crippen LogP contribution is -2.38. The van der Waals surface area contributed by atoms with Crippen molar-refractivity contribution in [2.45, 2.75) is 45.3 Å². The molecule has 1 aromatic rings. The summed E-state index contributed by atoms with van der Waals surface area (Å²) in [6, 6.07) is 7.19. The Hall–Kier alpha value is -1.07. The molecule has 0 radical (unpaired) electrons. The van der Waals surface area contributed by atoms with Gasteiger partial charge < -0.3 is 16.0 Å². The van der Waals surface area contributed by atoms with Crippen molar-refractivity contribution in [2.75, 3.05) is 11.4 Å². The van der Waals surface area contributed by atoms with Crippen molar-refractivity contribution in [1.29, 1.82) is 0 Å². The summed E-state index contributed by atoms with van der Waals surface area (Å²) in [7, 11) is 0. The molecule has 1 aromatic carbocycles. The third-order valence-electron chi connectivity index (χ3n) is 3.44. The number of primary amides is 1. The zero-order chi connectivity index (χ0) is 14.7. The normalized spacial score (nSPS) is 14.6. The Labute approximate surface area is 128 Å². The number of hydrogen-bond acceptors (Lipinski definition) is 3. The summed E-state index contributed by atoms with van der Waals surface area (Å²) in [5.41, 5.74) is 7.58. The topological polar surface area (TPSA) is 58.4 Å². The van der Waals surface area contributed by atoms with Gasteiger partial charge in [-0.2, -0.15) is 0 Å². The van der Waals surface area contributed by atoms with Crippen LogP contribution in [0, 0.1) is 0 Å². The highest BCUT2D eigenvalue weighted by Crippen LogP contribution is 2.29. The average molecular weight is 340 g/mol. The van der Waals surface area contributed by atoms with E-state index in [0.29, 0.717) is 6.04 Å².